The van der Waals surface area contributed by atoms with Crippen LogP contribution < -0.4 is 20.1 Å². The second kappa shape index (κ2) is 12.1. The Morgan fingerprint density at radius 3 is 2.47 bits per heavy atom. The van der Waals surface area contributed by atoms with Crippen LogP contribution in [0.1, 0.15) is 30.1 Å². The normalized spacial score (nSPS) is 12.2. The van der Waals surface area contributed by atoms with Crippen molar-refractivity contribution in [1.82, 2.24) is 20.1 Å². The lowest BCUT2D eigenvalue weighted by molar-refractivity contribution is -0.117. The maximum atomic E-state index is 12.1. The molecule has 0 bridgehead atoms. The molecular weight excluding hydrogens is 484 g/mol. The molecule has 0 radical (unpaired) electrons. The van der Waals surface area contributed by atoms with Gasteiger partial charge in [0.2, 0.25) is 5.91 Å². The number of H-pyrrole nitrogens is 1. The Morgan fingerprint density at radius 1 is 1.08 bits per heavy atom. The number of para-hydroxylation sites is 1. The van der Waals surface area contributed by atoms with E-state index in [1.807, 2.05) is 55.5 Å². The number of aromatic nitrogens is 3. The third kappa shape index (κ3) is 6.58. The first-order chi connectivity index (χ1) is 18.4. The number of carbonyl (C=O) groups excluding carboxylic acids is 2. The smallest absolute Gasteiger partial charge is 0.255 e. The minimum Gasteiger partial charge on any atom is -0.497 e. The molecular formula is C28H32N6O4. The molecule has 2 heterocycles. The molecule has 1 fully saturated rings. The lowest BCUT2D eigenvalue weighted by Crippen LogP contribution is -2.22. The number of fused-ring (bicyclic) bond motifs is 1. The summed E-state index contributed by atoms with van der Waals surface area (Å²) in [4.78, 5) is 29.3. The molecule has 1 aliphatic rings. The number of anilines is 3. The van der Waals surface area contributed by atoms with E-state index in [1.54, 1.807) is 27.3 Å². The fourth-order valence-electron chi connectivity index (χ4n) is 3.61. The van der Waals surface area contributed by atoms with Gasteiger partial charge in [0.15, 0.2) is 17.4 Å². The first-order valence-corrected chi connectivity index (χ1v) is 12.4. The minimum atomic E-state index is -0.125. The predicted molar refractivity (Wildman–Crippen MR) is 147 cm³/mol. The van der Waals surface area contributed by atoms with Crippen molar-refractivity contribution in [2.45, 2.75) is 19.8 Å². The van der Waals surface area contributed by atoms with Crippen LogP contribution in [0, 0.1) is 5.92 Å². The van der Waals surface area contributed by atoms with Crippen molar-refractivity contribution in [3.63, 3.8) is 0 Å². The highest BCUT2D eigenvalue weighted by Gasteiger charge is 2.29. The summed E-state index contributed by atoms with van der Waals surface area (Å²) in [6.07, 6.45) is 3.59. The van der Waals surface area contributed by atoms with Crippen LogP contribution in [-0.2, 0) is 4.79 Å². The van der Waals surface area contributed by atoms with Gasteiger partial charge < -0.3 is 25.0 Å². The number of rotatable bonds is 8. The molecule has 5 rings (SSSR count). The highest BCUT2D eigenvalue weighted by atomic mass is 16.5. The number of hydrogen-bond donors (Lipinski definition) is 3. The Kier molecular flexibility index (Phi) is 8.42. The number of ether oxygens (including phenoxy) is 2. The summed E-state index contributed by atoms with van der Waals surface area (Å²) in [5.74, 6) is 2.74. The third-order valence-corrected chi connectivity index (χ3v) is 5.82. The number of benzene rings is 2. The first-order valence-electron chi connectivity index (χ1n) is 12.4. The van der Waals surface area contributed by atoms with Crippen LogP contribution in [0.25, 0.3) is 10.9 Å². The van der Waals surface area contributed by atoms with Crippen LogP contribution >= 0.6 is 0 Å². The molecule has 0 aliphatic heterocycles. The number of amides is 2. The maximum Gasteiger partial charge on any atom is 0.255 e. The summed E-state index contributed by atoms with van der Waals surface area (Å²) in [7, 11) is 5.02. The second-order valence-corrected chi connectivity index (χ2v) is 8.94. The van der Waals surface area contributed by atoms with Crippen molar-refractivity contribution in [2.75, 3.05) is 38.4 Å². The molecule has 38 heavy (non-hydrogen) atoms. The molecule has 0 unspecified atom stereocenters. The molecule has 10 heteroatoms. The summed E-state index contributed by atoms with van der Waals surface area (Å²) in [6, 6.07) is 16.8. The van der Waals surface area contributed by atoms with Crippen molar-refractivity contribution in [3.05, 3.63) is 66.4 Å². The Hall–Kier alpha value is -4.60. The largest absolute Gasteiger partial charge is 0.497 e. The molecule has 0 atom stereocenters. The van der Waals surface area contributed by atoms with Crippen LogP contribution in [0.15, 0.2) is 60.8 Å². The van der Waals surface area contributed by atoms with Gasteiger partial charge in [-0.15, -0.1) is 0 Å². The van der Waals surface area contributed by atoms with E-state index in [1.165, 1.54) is 11.1 Å². The molecule has 0 saturated heterocycles. The number of nitrogens with zero attached hydrogens (tertiary/aromatic N) is 3. The first kappa shape index (κ1) is 26.5. The standard InChI is InChI=1S/C17H19N5O2.C11H13NO2/c1-4-24-14-9-11(17(23)22(2)3)10-18-16(14)19-15-12-7-5-6-8-13(12)20-21-15;1-14-10-6-4-9(5-7-10)12-11(13)8-2-3-8/h5-10H,4H2,1-3H3,(H2,18,19,20,21);4-8H,2-3H2,1H3,(H,12,13). The van der Waals surface area contributed by atoms with Crippen molar-refractivity contribution < 1.29 is 19.1 Å². The van der Waals surface area contributed by atoms with E-state index < -0.39 is 0 Å². The van der Waals surface area contributed by atoms with Crippen molar-refractivity contribution in [2.24, 2.45) is 5.92 Å². The van der Waals surface area contributed by atoms with Crippen LogP contribution in [0.5, 0.6) is 11.5 Å². The number of carbonyl (C=O) groups is 2. The molecule has 10 nitrogen and oxygen atoms in total. The third-order valence-electron chi connectivity index (χ3n) is 5.82. The average Bonchev–Trinajstić information content (AvgIpc) is 3.71. The van der Waals surface area contributed by atoms with Crippen LogP contribution in [-0.4, -0.2) is 59.7 Å². The van der Waals surface area contributed by atoms with Gasteiger partial charge >= 0.3 is 0 Å². The van der Waals surface area contributed by atoms with Gasteiger partial charge in [0, 0.05) is 37.3 Å². The molecule has 1 aliphatic carbocycles. The summed E-state index contributed by atoms with van der Waals surface area (Å²) in [5, 5.41) is 14.2. The van der Waals surface area contributed by atoms with Gasteiger partial charge in [-0.3, -0.25) is 14.7 Å². The van der Waals surface area contributed by atoms with Gasteiger partial charge in [-0.25, -0.2) is 4.98 Å². The van der Waals surface area contributed by atoms with E-state index >= 15 is 0 Å². The molecule has 1 saturated carbocycles. The van der Waals surface area contributed by atoms with Gasteiger partial charge in [-0.2, -0.15) is 5.10 Å². The second-order valence-electron chi connectivity index (χ2n) is 8.94. The van der Waals surface area contributed by atoms with E-state index in [2.05, 4.69) is 25.8 Å². The Morgan fingerprint density at radius 2 is 1.82 bits per heavy atom. The summed E-state index contributed by atoms with van der Waals surface area (Å²) in [5.41, 5.74) is 2.24. The van der Waals surface area contributed by atoms with Crippen LogP contribution in [0.2, 0.25) is 0 Å². The van der Waals surface area contributed by atoms with Gasteiger partial charge in [0.25, 0.3) is 5.91 Å². The SMILES string of the molecule is CCOc1cc(C(=O)N(C)C)cnc1Nc1n[nH]c2ccccc12.COc1ccc(NC(=O)C2CC2)cc1. The Labute approximate surface area is 221 Å². The quantitative estimate of drug-likeness (QED) is 0.306. The van der Waals surface area contributed by atoms with Crippen molar-refractivity contribution >= 4 is 40.0 Å². The summed E-state index contributed by atoms with van der Waals surface area (Å²) >= 11 is 0. The average molecular weight is 517 g/mol. The Bertz CT molecular complexity index is 1400. The van der Waals surface area contributed by atoms with Crippen molar-refractivity contribution in [3.8, 4) is 11.5 Å². The van der Waals surface area contributed by atoms with E-state index in [9.17, 15) is 9.59 Å². The van der Waals surface area contributed by atoms with E-state index in [0.29, 0.717) is 29.6 Å². The molecule has 198 valence electrons. The fourth-order valence-corrected chi connectivity index (χ4v) is 3.61. The fraction of sp³-hybridized carbons (Fsp3) is 0.286. The number of nitrogens with one attached hydrogen (secondary N) is 3. The molecule has 3 N–H and O–H groups in total. The van der Waals surface area contributed by atoms with E-state index in [0.717, 1.165) is 35.2 Å². The number of aromatic amines is 1. The van der Waals surface area contributed by atoms with Gasteiger partial charge in [0.1, 0.15) is 5.75 Å². The number of hydrogen-bond acceptors (Lipinski definition) is 7. The maximum absolute atomic E-state index is 12.1. The monoisotopic (exact) mass is 516 g/mol. The van der Waals surface area contributed by atoms with E-state index in [4.69, 9.17) is 9.47 Å². The molecule has 0 spiro atoms. The van der Waals surface area contributed by atoms with E-state index in [-0.39, 0.29) is 17.7 Å². The number of pyridine rings is 1. The molecule has 2 aromatic heterocycles. The zero-order chi connectivity index (χ0) is 27.1. The molecule has 2 aromatic carbocycles. The highest BCUT2D eigenvalue weighted by Crippen LogP contribution is 2.31. The van der Waals surface area contributed by atoms with Crippen LogP contribution in [0.4, 0.5) is 17.3 Å². The lowest BCUT2D eigenvalue weighted by Gasteiger charge is -2.14. The lowest BCUT2D eigenvalue weighted by atomic mass is 10.2. The Balaban J connectivity index is 0.000000204. The highest BCUT2D eigenvalue weighted by molar-refractivity contribution is 5.95. The molecule has 2 amide bonds. The number of methoxy groups -OCH3 is 1. The topological polar surface area (TPSA) is 121 Å². The minimum absolute atomic E-state index is 0.125. The zero-order valence-corrected chi connectivity index (χ0v) is 21.9. The molecule has 4 aromatic rings. The summed E-state index contributed by atoms with van der Waals surface area (Å²) in [6.45, 7) is 2.35. The van der Waals surface area contributed by atoms with Gasteiger partial charge in [0.05, 0.1) is 24.8 Å². The van der Waals surface area contributed by atoms with Gasteiger partial charge in [-0.1, -0.05) is 12.1 Å². The zero-order valence-electron chi connectivity index (χ0n) is 21.9. The summed E-state index contributed by atoms with van der Waals surface area (Å²) < 4.78 is 10.7. The van der Waals surface area contributed by atoms with Gasteiger partial charge in [-0.05, 0) is 62.2 Å². The predicted octanol–water partition coefficient (Wildman–Crippen LogP) is 4.85. The van der Waals surface area contributed by atoms with Crippen LogP contribution in [0.3, 0.4) is 0 Å². The van der Waals surface area contributed by atoms with Crippen molar-refractivity contribution in [1.29, 1.82) is 0 Å².